The first-order chi connectivity index (χ1) is 14.7. The molecule has 31 heavy (non-hydrogen) atoms. The molecule has 1 aliphatic heterocycles. The number of carbonyl (C=O) groups is 2. The molecule has 2 aromatic carbocycles. The second-order valence-corrected chi connectivity index (χ2v) is 10.4. The largest absolute Gasteiger partial charge is 0.452 e. The number of amides is 1. The van der Waals surface area contributed by atoms with Crippen molar-refractivity contribution in [3.8, 4) is 0 Å². The Labute approximate surface area is 203 Å². The minimum Gasteiger partial charge on any atom is -0.452 e. The third-order valence-electron chi connectivity index (χ3n) is 4.29. The Kier molecular flexibility index (Phi) is 8.16. The number of benzene rings is 2. The highest BCUT2D eigenvalue weighted by atomic mass is 127. The number of nitrogens with zero attached hydrogens (tertiary/aromatic N) is 1. The van der Waals surface area contributed by atoms with Crippen LogP contribution in [0.4, 0.5) is 5.69 Å². The Balaban J connectivity index is 1.72. The molecule has 1 aliphatic rings. The molecule has 166 valence electrons. The van der Waals surface area contributed by atoms with Gasteiger partial charge < -0.3 is 14.8 Å². The van der Waals surface area contributed by atoms with Crippen molar-refractivity contribution in [2.45, 2.75) is 4.90 Å². The van der Waals surface area contributed by atoms with Gasteiger partial charge in [0.25, 0.3) is 5.91 Å². The van der Waals surface area contributed by atoms with Crippen molar-refractivity contribution in [1.29, 1.82) is 0 Å². The van der Waals surface area contributed by atoms with Gasteiger partial charge in [-0.2, -0.15) is 4.31 Å². The summed E-state index contributed by atoms with van der Waals surface area (Å²) in [6.07, 6.45) is 0. The summed E-state index contributed by atoms with van der Waals surface area (Å²) in [6, 6.07) is 9.27. The number of halogens is 3. The summed E-state index contributed by atoms with van der Waals surface area (Å²) >= 11 is 14.3. The molecule has 12 heteroatoms. The predicted molar refractivity (Wildman–Crippen MR) is 124 cm³/mol. The van der Waals surface area contributed by atoms with Crippen LogP contribution >= 0.6 is 45.8 Å². The molecule has 0 aliphatic carbocycles. The number of nitrogens with one attached hydrogen (secondary N) is 1. The molecule has 0 spiro atoms. The highest BCUT2D eigenvalue weighted by molar-refractivity contribution is 14.1. The molecule has 1 heterocycles. The predicted octanol–water partition coefficient (Wildman–Crippen LogP) is 3.41. The number of morpholine rings is 1. The van der Waals surface area contributed by atoms with Gasteiger partial charge in [0.15, 0.2) is 6.61 Å². The Morgan fingerprint density at radius 1 is 1.10 bits per heavy atom. The highest BCUT2D eigenvalue weighted by Crippen LogP contribution is 2.31. The van der Waals surface area contributed by atoms with Crippen LogP contribution in [0.2, 0.25) is 10.0 Å². The minimum absolute atomic E-state index is 0.0889. The maximum atomic E-state index is 12.9. The zero-order valence-electron chi connectivity index (χ0n) is 15.9. The van der Waals surface area contributed by atoms with E-state index in [4.69, 9.17) is 32.7 Å². The van der Waals surface area contributed by atoms with Crippen LogP contribution in [0, 0.1) is 3.57 Å². The van der Waals surface area contributed by atoms with E-state index in [2.05, 4.69) is 27.9 Å². The number of carbonyl (C=O) groups excluding carboxylic acids is 2. The second-order valence-electron chi connectivity index (χ2n) is 6.41. The summed E-state index contributed by atoms with van der Waals surface area (Å²) in [6.45, 7) is 0.277. The first kappa shape index (κ1) is 24.2. The van der Waals surface area contributed by atoms with Crippen LogP contribution in [-0.2, 0) is 24.3 Å². The van der Waals surface area contributed by atoms with E-state index in [0.717, 1.165) is 9.64 Å². The maximum Gasteiger partial charge on any atom is 0.340 e. The lowest BCUT2D eigenvalue weighted by Crippen LogP contribution is -2.40. The second kappa shape index (κ2) is 10.5. The van der Waals surface area contributed by atoms with Crippen LogP contribution in [0.3, 0.4) is 0 Å². The Morgan fingerprint density at radius 3 is 2.39 bits per heavy atom. The average Bonchev–Trinajstić information content (AvgIpc) is 2.74. The van der Waals surface area contributed by atoms with Crippen LogP contribution < -0.4 is 5.32 Å². The molecule has 1 N–H and O–H groups in total. The zero-order valence-corrected chi connectivity index (χ0v) is 20.4. The standard InChI is InChI=1S/C19H17Cl2IN2O6S/c20-15-10-16(21)17(31(27,28)24-5-7-29-8-6-24)9-14(15)19(26)30-11-18(25)23-13-3-1-12(22)2-4-13/h1-4,9-10H,5-8,11H2,(H,23,25). The molecule has 0 atom stereocenters. The number of anilines is 1. The number of esters is 1. The normalized spacial score (nSPS) is 14.8. The van der Waals surface area contributed by atoms with Gasteiger partial charge in [0.2, 0.25) is 10.0 Å². The monoisotopic (exact) mass is 598 g/mol. The van der Waals surface area contributed by atoms with Gasteiger partial charge in [-0.15, -0.1) is 0 Å². The number of rotatable bonds is 6. The highest BCUT2D eigenvalue weighted by Gasteiger charge is 2.30. The van der Waals surface area contributed by atoms with Crippen LogP contribution in [0.15, 0.2) is 41.3 Å². The van der Waals surface area contributed by atoms with Crippen molar-refractivity contribution in [3.05, 3.63) is 55.6 Å². The van der Waals surface area contributed by atoms with E-state index in [9.17, 15) is 18.0 Å². The van der Waals surface area contributed by atoms with E-state index >= 15 is 0 Å². The fourth-order valence-electron chi connectivity index (χ4n) is 2.75. The lowest BCUT2D eigenvalue weighted by Gasteiger charge is -2.26. The van der Waals surface area contributed by atoms with Crippen LogP contribution in [0.5, 0.6) is 0 Å². The minimum atomic E-state index is -3.97. The Morgan fingerprint density at radius 2 is 1.74 bits per heavy atom. The number of hydrogen-bond donors (Lipinski definition) is 1. The third kappa shape index (κ3) is 6.08. The van der Waals surface area contributed by atoms with Crippen molar-refractivity contribution in [2.75, 3.05) is 38.2 Å². The molecule has 8 nitrogen and oxygen atoms in total. The molecule has 1 fully saturated rings. The van der Waals surface area contributed by atoms with Crippen molar-refractivity contribution >= 4 is 73.4 Å². The first-order valence-corrected chi connectivity index (χ1v) is 12.3. The van der Waals surface area contributed by atoms with Gasteiger partial charge in [-0.05, 0) is 59.0 Å². The molecule has 2 aromatic rings. The number of ether oxygens (including phenoxy) is 2. The van der Waals surface area contributed by atoms with Crippen LogP contribution in [0.1, 0.15) is 10.4 Å². The zero-order chi connectivity index (χ0) is 22.6. The molecule has 1 amide bonds. The van der Waals surface area contributed by atoms with E-state index in [-0.39, 0.29) is 46.8 Å². The summed E-state index contributed by atoms with van der Waals surface area (Å²) in [5.41, 5.74) is 0.338. The van der Waals surface area contributed by atoms with Crippen LogP contribution in [0.25, 0.3) is 0 Å². The molecule has 3 rings (SSSR count). The summed E-state index contributed by atoms with van der Waals surface area (Å²) in [4.78, 5) is 24.3. The fraction of sp³-hybridized carbons (Fsp3) is 0.263. The van der Waals surface area contributed by atoms with Gasteiger partial charge in [-0.1, -0.05) is 23.2 Å². The Hall–Kier alpha value is -1.44. The smallest absolute Gasteiger partial charge is 0.340 e. The average molecular weight is 599 g/mol. The fourth-order valence-corrected chi connectivity index (χ4v) is 5.34. The molecule has 0 unspecified atom stereocenters. The lowest BCUT2D eigenvalue weighted by molar-refractivity contribution is -0.119. The first-order valence-electron chi connectivity index (χ1n) is 8.98. The van der Waals surface area contributed by atoms with E-state index < -0.39 is 28.5 Å². The van der Waals surface area contributed by atoms with E-state index in [1.807, 2.05) is 12.1 Å². The topological polar surface area (TPSA) is 102 Å². The SMILES string of the molecule is O=C(COC(=O)c1cc(S(=O)(=O)N2CCOCC2)c(Cl)cc1Cl)Nc1ccc(I)cc1. The van der Waals surface area contributed by atoms with E-state index in [1.165, 1.54) is 10.4 Å². The van der Waals surface area contributed by atoms with E-state index in [0.29, 0.717) is 5.69 Å². The molecular weight excluding hydrogens is 582 g/mol. The van der Waals surface area contributed by atoms with Crippen molar-refractivity contribution in [3.63, 3.8) is 0 Å². The third-order valence-corrected chi connectivity index (χ3v) is 7.69. The van der Waals surface area contributed by atoms with Crippen LogP contribution in [-0.4, -0.2) is 57.5 Å². The molecular formula is C19H17Cl2IN2O6S. The van der Waals surface area contributed by atoms with Gasteiger partial charge in [0.1, 0.15) is 4.90 Å². The van der Waals surface area contributed by atoms with E-state index in [1.54, 1.807) is 12.1 Å². The van der Waals surface area contributed by atoms with Crippen molar-refractivity contribution < 1.29 is 27.5 Å². The van der Waals surface area contributed by atoms with Gasteiger partial charge in [-0.25, -0.2) is 13.2 Å². The van der Waals surface area contributed by atoms with Gasteiger partial charge in [0, 0.05) is 22.3 Å². The summed E-state index contributed by atoms with van der Waals surface area (Å²) in [7, 11) is -3.97. The summed E-state index contributed by atoms with van der Waals surface area (Å²) < 4.78 is 38.2. The molecule has 0 bridgehead atoms. The quantitative estimate of drug-likeness (QED) is 0.404. The molecule has 0 aromatic heterocycles. The van der Waals surface area contributed by atoms with Crippen molar-refractivity contribution in [1.82, 2.24) is 4.31 Å². The maximum absolute atomic E-state index is 12.9. The van der Waals surface area contributed by atoms with Crippen molar-refractivity contribution in [2.24, 2.45) is 0 Å². The molecule has 0 radical (unpaired) electrons. The Bertz CT molecular complexity index is 1090. The van der Waals surface area contributed by atoms with Gasteiger partial charge >= 0.3 is 5.97 Å². The summed E-state index contributed by atoms with van der Waals surface area (Å²) in [5, 5.41) is 2.38. The number of hydrogen-bond acceptors (Lipinski definition) is 6. The van der Waals surface area contributed by atoms with Gasteiger partial charge in [0.05, 0.1) is 28.8 Å². The molecule has 1 saturated heterocycles. The summed E-state index contributed by atoms with van der Waals surface area (Å²) in [5.74, 6) is -1.50. The lowest BCUT2D eigenvalue weighted by atomic mass is 10.2. The molecule has 0 saturated carbocycles. The van der Waals surface area contributed by atoms with Gasteiger partial charge in [-0.3, -0.25) is 4.79 Å². The number of sulfonamides is 1.